The van der Waals surface area contributed by atoms with Crippen LogP contribution in [0.2, 0.25) is 5.02 Å². The molecule has 0 aliphatic carbocycles. The molecule has 0 saturated carbocycles. The lowest BCUT2D eigenvalue weighted by Crippen LogP contribution is -2.15. The summed E-state index contributed by atoms with van der Waals surface area (Å²) < 4.78 is 5.60. The normalized spacial score (nSPS) is 10.3. The number of aryl methyl sites for hydroxylation is 1. The number of nitrogens with zero attached hydrogens (tertiary/aromatic N) is 3. The van der Waals surface area contributed by atoms with Crippen molar-refractivity contribution in [1.82, 2.24) is 15.2 Å². The van der Waals surface area contributed by atoms with E-state index in [0.29, 0.717) is 16.3 Å². The highest BCUT2D eigenvalue weighted by molar-refractivity contribution is 7.80. The van der Waals surface area contributed by atoms with E-state index in [9.17, 15) is 0 Å². The van der Waals surface area contributed by atoms with E-state index >= 15 is 0 Å². The smallest absolute Gasteiger partial charge is 0.249 e. The van der Waals surface area contributed by atoms with Crippen LogP contribution >= 0.6 is 23.8 Å². The van der Waals surface area contributed by atoms with Gasteiger partial charge in [-0.2, -0.15) is 5.10 Å². The summed E-state index contributed by atoms with van der Waals surface area (Å²) in [6, 6.07) is 1.62. The van der Waals surface area contributed by atoms with Crippen molar-refractivity contribution in [3.05, 3.63) is 40.3 Å². The summed E-state index contributed by atoms with van der Waals surface area (Å²) in [5, 5.41) is 8.44. The fourth-order valence-electron chi connectivity index (χ4n) is 1.51. The SMILES string of the molecule is Cc1nnc(Oc2cncc(Cl)c2)c(C(N)=S)c1C. The minimum absolute atomic E-state index is 0.209. The van der Waals surface area contributed by atoms with Gasteiger partial charge < -0.3 is 10.5 Å². The maximum Gasteiger partial charge on any atom is 0.249 e. The molecule has 0 atom stereocenters. The number of pyridine rings is 1. The molecule has 0 saturated heterocycles. The van der Waals surface area contributed by atoms with Crippen LogP contribution in [0.4, 0.5) is 0 Å². The van der Waals surface area contributed by atoms with E-state index in [1.807, 2.05) is 13.8 Å². The van der Waals surface area contributed by atoms with Crippen molar-refractivity contribution in [3.63, 3.8) is 0 Å². The molecule has 0 amide bonds. The highest BCUT2D eigenvalue weighted by Crippen LogP contribution is 2.26. The van der Waals surface area contributed by atoms with Crippen LogP contribution in [0.5, 0.6) is 11.6 Å². The molecular formula is C12H11ClN4OS. The number of thiocarbonyl (C=S) groups is 1. The van der Waals surface area contributed by atoms with Crippen LogP contribution in [0.3, 0.4) is 0 Å². The zero-order chi connectivity index (χ0) is 14.0. The molecule has 5 nitrogen and oxygen atoms in total. The zero-order valence-corrected chi connectivity index (χ0v) is 11.9. The predicted molar refractivity (Wildman–Crippen MR) is 76.7 cm³/mol. The van der Waals surface area contributed by atoms with Gasteiger partial charge in [0.05, 0.1) is 22.5 Å². The number of aromatic nitrogens is 3. The molecule has 0 fully saturated rings. The molecule has 2 N–H and O–H groups in total. The largest absolute Gasteiger partial charge is 0.435 e. The van der Waals surface area contributed by atoms with Crippen LogP contribution in [-0.4, -0.2) is 20.2 Å². The molecular weight excluding hydrogens is 284 g/mol. The van der Waals surface area contributed by atoms with E-state index in [1.54, 1.807) is 6.07 Å². The highest BCUT2D eigenvalue weighted by atomic mass is 35.5. The van der Waals surface area contributed by atoms with Crippen LogP contribution in [0.25, 0.3) is 0 Å². The van der Waals surface area contributed by atoms with Gasteiger partial charge >= 0.3 is 0 Å². The van der Waals surface area contributed by atoms with Crippen molar-refractivity contribution >= 4 is 28.8 Å². The lowest BCUT2D eigenvalue weighted by atomic mass is 10.1. The van der Waals surface area contributed by atoms with E-state index in [1.165, 1.54) is 12.4 Å². The molecule has 0 aliphatic heterocycles. The van der Waals surface area contributed by atoms with Gasteiger partial charge in [-0.15, -0.1) is 5.10 Å². The molecule has 2 aromatic heterocycles. The van der Waals surface area contributed by atoms with E-state index in [-0.39, 0.29) is 10.9 Å². The molecule has 0 bridgehead atoms. The quantitative estimate of drug-likeness (QED) is 0.877. The number of halogens is 1. The molecule has 0 aromatic carbocycles. The standard InChI is InChI=1S/C12H11ClN4OS/c1-6-7(2)16-17-12(10(6)11(14)19)18-9-3-8(13)4-15-5-9/h3-5H,1-2H3,(H2,14,19). The Balaban J connectivity index is 2.46. The van der Waals surface area contributed by atoms with Crippen molar-refractivity contribution in [2.75, 3.05) is 0 Å². The fraction of sp³-hybridized carbons (Fsp3) is 0.167. The Labute approximate surface area is 120 Å². The summed E-state index contributed by atoms with van der Waals surface area (Å²) >= 11 is 10.9. The Kier molecular flexibility index (Phi) is 3.92. The third-order valence-electron chi connectivity index (χ3n) is 2.56. The third kappa shape index (κ3) is 2.97. The maximum absolute atomic E-state index is 5.84. The average molecular weight is 295 g/mol. The van der Waals surface area contributed by atoms with Crippen LogP contribution in [0.15, 0.2) is 18.5 Å². The van der Waals surface area contributed by atoms with Gasteiger partial charge in [0.1, 0.15) is 10.7 Å². The van der Waals surface area contributed by atoms with Crippen molar-refractivity contribution in [2.45, 2.75) is 13.8 Å². The second kappa shape index (κ2) is 5.46. The topological polar surface area (TPSA) is 73.9 Å². The minimum Gasteiger partial charge on any atom is -0.435 e. The van der Waals surface area contributed by atoms with Crippen molar-refractivity contribution in [3.8, 4) is 11.6 Å². The Hall–Kier alpha value is -1.79. The summed E-state index contributed by atoms with van der Waals surface area (Å²) in [4.78, 5) is 4.13. The predicted octanol–water partition coefficient (Wildman–Crippen LogP) is 2.57. The van der Waals surface area contributed by atoms with E-state index in [2.05, 4.69) is 15.2 Å². The second-order valence-electron chi connectivity index (χ2n) is 3.90. The van der Waals surface area contributed by atoms with E-state index < -0.39 is 0 Å². The first kappa shape index (κ1) is 13.6. The first-order valence-corrected chi connectivity index (χ1v) is 6.19. The van der Waals surface area contributed by atoms with Gasteiger partial charge in [0.2, 0.25) is 5.88 Å². The van der Waals surface area contributed by atoms with Crippen LogP contribution in [0, 0.1) is 13.8 Å². The number of rotatable bonds is 3. The average Bonchev–Trinajstić information content (AvgIpc) is 2.33. The second-order valence-corrected chi connectivity index (χ2v) is 4.77. The molecule has 19 heavy (non-hydrogen) atoms. The summed E-state index contributed by atoms with van der Waals surface area (Å²) in [5.74, 6) is 0.696. The first-order chi connectivity index (χ1) is 8.99. The monoisotopic (exact) mass is 294 g/mol. The molecule has 0 radical (unpaired) electrons. The molecule has 2 aromatic rings. The molecule has 0 unspecified atom stereocenters. The summed E-state index contributed by atoms with van der Waals surface area (Å²) in [6.45, 7) is 3.69. The number of nitrogens with two attached hydrogens (primary N) is 1. The van der Waals surface area contributed by atoms with Gasteiger partial charge in [0.25, 0.3) is 0 Å². The van der Waals surface area contributed by atoms with Gasteiger partial charge in [-0.25, -0.2) is 0 Å². The molecule has 98 valence electrons. The minimum atomic E-state index is 0.209. The molecule has 7 heteroatoms. The van der Waals surface area contributed by atoms with Gasteiger partial charge in [-0.1, -0.05) is 23.8 Å². The van der Waals surface area contributed by atoms with Crippen LogP contribution in [-0.2, 0) is 0 Å². The summed E-state index contributed by atoms with van der Waals surface area (Å²) in [5.41, 5.74) is 7.87. The Morgan fingerprint density at radius 1 is 1.32 bits per heavy atom. The Morgan fingerprint density at radius 2 is 2.05 bits per heavy atom. The summed E-state index contributed by atoms with van der Waals surface area (Å²) in [7, 11) is 0. The van der Waals surface area contributed by atoms with Gasteiger partial charge in [-0.3, -0.25) is 4.98 Å². The van der Waals surface area contributed by atoms with Crippen molar-refractivity contribution in [2.24, 2.45) is 5.73 Å². The van der Waals surface area contributed by atoms with Crippen LogP contribution in [0.1, 0.15) is 16.8 Å². The zero-order valence-electron chi connectivity index (χ0n) is 10.3. The van der Waals surface area contributed by atoms with Gasteiger partial charge in [0.15, 0.2) is 0 Å². The lowest BCUT2D eigenvalue weighted by molar-refractivity contribution is 0.450. The molecule has 2 heterocycles. The van der Waals surface area contributed by atoms with Crippen molar-refractivity contribution < 1.29 is 4.74 Å². The first-order valence-electron chi connectivity index (χ1n) is 5.41. The third-order valence-corrected chi connectivity index (χ3v) is 2.97. The van der Waals surface area contributed by atoms with Gasteiger partial charge in [0, 0.05) is 12.3 Å². The Morgan fingerprint density at radius 3 is 2.68 bits per heavy atom. The van der Waals surface area contributed by atoms with Gasteiger partial charge in [-0.05, 0) is 19.4 Å². The van der Waals surface area contributed by atoms with E-state index in [0.717, 1.165) is 11.3 Å². The Bertz CT molecular complexity index is 648. The lowest BCUT2D eigenvalue weighted by Gasteiger charge is -2.11. The number of hydrogen-bond acceptors (Lipinski definition) is 5. The highest BCUT2D eigenvalue weighted by Gasteiger charge is 2.15. The molecule has 0 aliphatic rings. The maximum atomic E-state index is 5.84. The van der Waals surface area contributed by atoms with E-state index in [4.69, 9.17) is 34.3 Å². The summed E-state index contributed by atoms with van der Waals surface area (Å²) in [6.07, 6.45) is 3.03. The number of hydrogen-bond donors (Lipinski definition) is 1. The molecule has 2 rings (SSSR count). The number of ether oxygens (including phenoxy) is 1. The van der Waals surface area contributed by atoms with Crippen molar-refractivity contribution in [1.29, 1.82) is 0 Å². The fourth-order valence-corrected chi connectivity index (χ4v) is 1.91. The van der Waals surface area contributed by atoms with Crippen LogP contribution < -0.4 is 10.5 Å². The molecule has 0 spiro atoms.